The third-order valence-electron chi connectivity index (χ3n) is 4.21. The van der Waals surface area contributed by atoms with E-state index in [0.29, 0.717) is 34.7 Å². The second kappa shape index (κ2) is 9.97. The Labute approximate surface area is 173 Å². The fourth-order valence-electron chi connectivity index (χ4n) is 2.63. The van der Waals surface area contributed by atoms with Crippen molar-refractivity contribution in [3.05, 3.63) is 54.1 Å². The highest BCUT2D eigenvalue weighted by molar-refractivity contribution is 8.00. The minimum atomic E-state index is -0.362. The first kappa shape index (κ1) is 20.7. The van der Waals surface area contributed by atoms with E-state index in [9.17, 15) is 4.79 Å². The molecule has 0 saturated carbocycles. The van der Waals surface area contributed by atoms with E-state index in [1.807, 2.05) is 30.3 Å². The molecule has 1 amide bonds. The Morgan fingerprint density at radius 1 is 1.10 bits per heavy atom. The molecule has 1 atom stereocenters. The maximum atomic E-state index is 12.3. The van der Waals surface area contributed by atoms with E-state index >= 15 is 0 Å². The number of carbonyl (C=O) groups excluding carboxylic acids is 1. The van der Waals surface area contributed by atoms with Crippen molar-refractivity contribution in [2.75, 3.05) is 20.8 Å². The second-order valence-corrected chi connectivity index (χ2v) is 7.55. The lowest BCUT2D eigenvalue weighted by atomic mass is 10.1. The van der Waals surface area contributed by atoms with Gasteiger partial charge in [-0.3, -0.25) is 4.79 Å². The van der Waals surface area contributed by atoms with Gasteiger partial charge in [0, 0.05) is 18.2 Å². The van der Waals surface area contributed by atoms with Crippen LogP contribution in [-0.4, -0.2) is 42.1 Å². The van der Waals surface area contributed by atoms with E-state index in [4.69, 9.17) is 13.9 Å². The Balaban J connectivity index is 1.57. The number of hydrogen-bond donors (Lipinski definition) is 1. The molecule has 2 aromatic carbocycles. The van der Waals surface area contributed by atoms with Crippen molar-refractivity contribution in [2.45, 2.75) is 23.8 Å². The Bertz CT molecular complexity index is 924. The molecule has 152 valence electrons. The molecule has 1 N–H and O–H groups in total. The Kier molecular flexibility index (Phi) is 7.13. The molecule has 0 radical (unpaired) electrons. The predicted molar refractivity (Wildman–Crippen MR) is 111 cm³/mol. The van der Waals surface area contributed by atoms with Gasteiger partial charge in [-0.2, -0.15) is 0 Å². The minimum absolute atomic E-state index is 0.0752. The summed E-state index contributed by atoms with van der Waals surface area (Å²) in [6.45, 7) is 2.38. The van der Waals surface area contributed by atoms with Crippen molar-refractivity contribution in [1.82, 2.24) is 15.5 Å². The van der Waals surface area contributed by atoms with Gasteiger partial charge in [-0.25, -0.2) is 0 Å². The molecular formula is C21H23N3O4S. The van der Waals surface area contributed by atoms with Crippen LogP contribution in [0.3, 0.4) is 0 Å². The van der Waals surface area contributed by atoms with Crippen molar-refractivity contribution in [3.63, 3.8) is 0 Å². The third kappa shape index (κ3) is 5.74. The number of hydrogen-bond acceptors (Lipinski definition) is 7. The summed E-state index contributed by atoms with van der Waals surface area (Å²) in [6.07, 6.45) is 0.784. The molecule has 0 aliphatic heterocycles. The molecule has 1 heterocycles. The van der Waals surface area contributed by atoms with Gasteiger partial charge in [0.1, 0.15) is 11.5 Å². The molecule has 0 spiro atoms. The summed E-state index contributed by atoms with van der Waals surface area (Å²) in [4.78, 5) is 12.3. The molecular weight excluding hydrogens is 390 g/mol. The molecule has 29 heavy (non-hydrogen) atoms. The topological polar surface area (TPSA) is 86.5 Å². The van der Waals surface area contributed by atoms with Gasteiger partial charge in [0.15, 0.2) is 0 Å². The number of methoxy groups -OCH3 is 2. The van der Waals surface area contributed by atoms with Crippen molar-refractivity contribution >= 4 is 17.7 Å². The SMILES string of the molecule is COc1cc(OC)cc(-c2nnc(S[C@@H](C)C(=O)NCCc3ccccc3)o2)c1. The van der Waals surface area contributed by atoms with Crippen LogP contribution in [0.1, 0.15) is 12.5 Å². The summed E-state index contributed by atoms with van der Waals surface area (Å²) in [7, 11) is 3.15. The largest absolute Gasteiger partial charge is 0.497 e. The lowest BCUT2D eigenvalue weighted by Gasteiger charge is -2.09. The predicted octanol–water partition coefficient (Wildman–Crippen LogP) is 3.59. The maximum absolute atomic E-state index is 12.3. The average molecular weight is 413 g/mol. The van der Waals surface area contributed by atoms with Gasteiger partial charge in [0.2, 0.25) is 11.8 Å². The highest BCUT2D eigenvalue weighted by atomic mass is 32.2. The van der Waals surface area contributed by atoms with Gasteiger partial charge in [0.25, 0.3) is 5.22 Å². The summed E-state index contributed by atoms with van der Waals surface area (Å²) in [6, 6.07) is 15.4. The maximum Gasteiger partial charge on any atom is 0.277 e. The van der Waals surface area contributed by atoms with Gasteiger partial charge in [-0.05, 0) is 31.0 Å². The Morgan fingerprint density at radius 2 is 1.79 bits per heavy atom. The Morgan fingerprint density at radius 3 is 2.45 bits per heavy atom. The first-order valence-corrected chi connectivity index (χ1v) is 10.0. The molecule has 0 aliphatic carbocycles. The van der Waals surface area contributed by atoms with Crippen LogP contribution in [0.2, 0.25) is 0 Å². The first-order valence-electron chi connectivity index (χ1n) is 9.14. The highest BCUT2D eigenvalue weighted by Gasteiger charge is 2.19. The quantitative estimate of drug-likeness (QED) is 0.537. The Hall–Kier alpha value is -3.00. The molecule has 0 fully saturated rings. The number of nitrogens with zero attached hydrogens (tertiary/aromatic N) is 2. The van der Waals surface area contributed by atoms with Crippen molar-refractivity contribution in [3.8, 4) is 23.0 Å². The lowest BCUT2D eigenvalue weighted by Crippen LogP contribution is -2.32. The van der Waals surface area contributed by atoms with Gasteiger partial charge >= 0.3 is 0 Å². The first-order chi connectivity index (χ1) is 14.1. The van der Waals surface area contributed by atoms with Crippen molar-refractivity contribution in [2.24, 2.45) is 0 Å². The van der Waals surface area contributed by atoms with Crippen LogP contribution in [0.5, 0.6) is 11.5 Å². The fraction of sp³-hybridized carbons (Fsp3) is 0.286. The number of aromatic nitrogens is 2. The van der Waals surface area contributed by atoms with E-state index in [-0.39, 0.29) is 11.2 Å². The van der Waals surface area contributed by atoms with Crippen molar-refractivity contribution < 1.29 is 18.7 Å². The van der Waals surface area contributed by atoms with Gasteiger partial charge in [-0.15, -0.1) is 10.2 Å². The van der Waals surface area contributed by atoms with E-state index in [1.165, 1.54) is 17.3 Å². The number of carbonyl (C=O) groups is 1. The number of ether oxygens (including phenoxy) is 2. The lowest BCUT2D eigenvalue weighted by molar-refractivity contribution is -0.120. The zero-order valence-electron chi connectivity index (χ0n) is 16.5. The van der Waals surface area contributed by atoms with Crippen molar-refractivity contribution in [1.29, 1.82) is 0 Å². The summed E-state index contributed by atoms with van der Waals surface area (Å²) in [5.41, 5.74) is 1.86. The third-order valence-corrected chi connectivity index (χ3v) is 5.14. The van der Waals surface area contributed by atoms with E-state index in [0.717, 1.165) is 6.42 Å². The summed E-state index contributed by atoms with van der Waals surface area (Å²) in [5.74, 6) is 1.51. The number of thioether (sulfide) groups is 1. The molecule has 7 nitrogen and oxygen atoms in total. The zero-order valence-corrected chi connectivity index (χ0v) is 17.4. The van der Waals surface area contributed by atoms with Crippen LogP contribution in [0.25, 0.3) is 11.5 Å². The van der Waals surface area contributed by atoms with Gasteiger partial charge in [-0.1, -0.05) is 42.1 Å². The van der Waals surface area contributed by atoms with Crippen LogP contribution in [0.15, 0.2) is 58.2 Å². The fourth-order valence-corrected chi connectivity index (χ4v) is 3.34. The van der Waals surface area contributed by atoms with E-state index < -0.39 is 0 Å². The number of amides is 1. The van der Waals surface area contributed by atoms with E-state index in [2.05, 4.69) is 15.5 Å². The van der Waals surface area contributed by atoms with Crippen LogP contribution in [-0.2, 0) is 11.2 Å². The monoisotopic (exact) mass is 413 g/mol. The summed E-state index contributed by atoms with van der Waals surface area (Å²) in [5, 5.41) is 11.0. The molecule has 3 aromatic rings. The average Bonchev–Trinajstić information content (AvgIpc) is 3.22. The number of rotatable bonds is 9. The minimum Gasteiger partial charge on any atom is -0.497 e. The van der Waals surface area contributed by atoms with Gasteiger partial charge in [0.05, 0.1) is 19.5 Å². The molecule has 0 unspecified atom stereocenters. The molecule has 3 rings (SSSR count). The van der Waals surface area contributed by atoms with Crippen LogP contribution in [0.4, 0.5) is 0 Å². The summed E-state index contributed by atoms with van der Waals surface area (Å²) >= 11 is 1.22. The molecule has 0 aliphatic rings. The number of benzene rings is 2. The standard InChI is InChI=1S/C21H23N3O4S/c1-14(19(25)22-10-9-15-7-5-4-6-8-15)29-21-24-23-20(28-21)16-11-17(26-2)13-18(12-16)27-3/h4-8,11-14H,9-10H2,1-3H3,(H,22,25)/t14-/m0/s1. The molecule has 8 heteroatoms. The van der Waals surface area contributed by atoms with Crippen LogP contribution in [0, 0.1) is 0 Å². The highest BCUT2D eigenvalue weighted by Crippen LogP contribution is 2.31. The van der Waals surface area contributed by atoms with E-state index in [1.54, 1.807) is 39.3 Å². The van der Waals surface area contributed by atoms with Gasteiger partial charge < -0.3 is 19.2 Å². The smallest absolute Gasteiger partial charge is 0.277 e. The van der Waals surface area contributed by atoms with Crippen LogP contribution >= 0.6 is 11.8 Å². The molecule has 1 aromatic heterocycles. The summed E-state index contributed by atoms with van der Waals surface area (Å²) < 4.78 is 16.2. The number of nitrogens with one attached hydrogen (secondary N) is 1. The molecule has 0 bridgehead atoms. The second-order valence-electron chi connectivity index (χ2n) is 6.26. The zero-order chi connectivity index (χ0) is 20.6. The van der Waals surface area contributed by atoms with Crippen LogP contribution < -0.4 is 14.8 Å². The normalized spacial score (nSPS) is 11.7. The molecule has 0 saturated heterocycles.